The Kier molecular flexibility index (Phi) is 5.56. The average molecular weight is 247 g/mol. The molecule has 2 rings (SSSR count). The molecule has 0 atom stereocenters. The third-order valence-corrected chi connectivity index (χ3v) is 3.74. The van der Waals surface area contributed by atoms with Crippen molar-refractivity contribution in [2.45, 2.75) is 63.5 Å². The van der Waals surface area contributed by atoms with Crippen LogP contribution in [0.3, 0.4) is 0 Å². The molecule has 4 heteroatoms. The van der Waals surface area contributed by atoms with Crippen LogP contribution < -0.4 is 11.1 Å². The van der Waals surface area contributed by atoms with Crippen LogP contribution >= 0.6 is 12.4 Å². The number of hydrogen-bond donors (Lipinski definition) is 2. The predicted molar refractivity (Wildman–Crippen MR) is 67.6 cm³/mol. The molecule has 16 heavy (non-hydrogen) atoms. The van der Waals surface area contributed by atoms with Crippen molar-refractivity contribution in [2.24, 2.45) is 11.7 Å². The van der Waals surface area contributed by atoms with E-state index in [1.165, 1.54) is 32.1 Å². The summed E-state index contributed by atoms with van der Waals surface area (Å²) in [6.07, 6.45) is 9.15. The molecular formula is C12H23ClN2O. The van der Waals surface area contributed by atoms with Gasteiger partial charge in [-0.3, -0.25) is 4.79 Å². The minimum absolute atomic E-state index is 0. The molecule has 3 N–H and O–H groups in total. The Morgan fingerprint density at radius 1 is 1.19 bits per heavy atom. The molecule has 0 unspecified atom stereocenters. The summed E-state index contributed by atoms with van der Waals surface area (Å²) in [6.45, 7) is 0. The third-order valence-electron chi connectivity index (χ3n) is 3.74. The van der Waals surface area contributed by atoms with Gasteiger partial charge in [-0.2, -0.15) is 0 Å². The second-order valence-electron chi connectivity index (χ2n) is 5.20. The molecule has 2 saturated carbocycles. The molecule has 0 aliphatic heterocycles. The first-order valence-electron chi connectivity index (χ1n) is 6.29. The van der Waals surface area contributed by atoms with Crippen molar-refractivity contribution < 1.29 is 4.79 Å². The molecule has 0 radical (unpaired) electrons. The predicted octanol–water partition coefficient (Wildman–Crippen LogP) is 1.98. The molecular weight excluding hydrogens is 224 g/mol. The fourth-order valence-electron chi connectivity index (χ4n) is 2.72. The van der Waals surface area contributed by atoms with Gasteiger partial charge in [0.2, 0.25) is 5.91 Å². The lowest BCUT2D eigenvalue weighted by Gasteiger charge is -2.33. The first kappa shape index (κ1) is 13.8. The molecule has 0 aromatic heterocycles. The normalized spacial score (nSPS) is 30.1. The number of hydrogen-bond acceptors (Lipinski definition) is 2. The summed E-state index contributed by atoms with van der Waals surface area (Å²) in [6, 6.07) is 0.695. The topological polar surface area (TPSA) is 55.1 Å². The highest BCUT2D eigenvalue weighted by molar-refractivity contribution is 5.85. The van der Waals surface area contributed by atoms with Crippen LogP contribution in [-0.4, -0.2) is 18.0 Å². The Balaban J connectivity index is 0.00000128. The number of nitrogens with two attached hydrogens (primary N) is 1. The molecule has 2 aliphatic rings. The van der Waals surface area contributed by atoms with Crippen molar-refractivity contribution >= 4 is 18.3 Å². The van der Waals surface area contributed by atoms with E-state index in [0.717, 1.165) is 19.3 Å². The smallest absolute Gasteiger partial charge is 0.220 e. The van der Waals surface area contributed by atoms with Crippen LogP contribution in [0, 0.1) is 5.92 Å². The Morgan fingerprint density at radius 3 is 2.38 bits per heavy atom. The molecule has 2 fully saturated rings. The lowest BCUT2D eigenvalue weighted by Crippen LogP contribution is -2.50. The van der Waals surface area contributed by atoms with Crippen LogP contribution in [-0.2, 0) is 4.79 Å². The number of rotatable bonds is 3. The minimum Gasteiger partial charge on any atom is -0.353 e. The van der Waals surface area contributed by atoms with Crippen LogP contribution in [0.1, 0.15) is 51.4 Å². The van der Waals surface area contributed by atoms with Crippen LogP contribution in [0.4, 0.5) is 0 Å². The lowest BCUT2D eigenvalue weighted by atomic mass is 9.85. The fourth-order valence-corrected chi connectivity index (χ4v) is 2.72. The molecule has 94 valence electrons. The van der Waals surface area contributed by atoms with Crippen LogP contribution in [0.5, 0.6) is 0 Å². The Labute approximate surface area is 104 Å². The van der Waals surface area contributed by atoms with Crippen molar-refractivity contribution in [3.63, 3.8) is 0 Å². The number of carbonyl (C=O) groups excluding carboxylic acids is 1. The summed E-state index contributed by atoms with van der Waals surface area (Å²) < 4.78 is 0. The first-order valence-corrected chi connectivity index (χ1v) is 6.29. The summed E-state index contributed by atoms with van der Waals surface area (Å²) in [5, 5.41) is 3.08. The first-order chi connectivity index (χ1) is 7.24. The van der Waals surface area contributed by atoms with E-state index in [-0.39, 0.29) is 18.3 Å². The molecule has 1 amide bonds. The molecule has 2 aliphatic carbocycles. The lowest BCUT2D eigenvalue weighted by molar-refractivity contribution is -0.123. The van der Waals surface area contributed by atoms with E-state index in [9.17, 15) is 4.79 Å². The quantitative estimate of drug-likeness (QED) is 0.800. The molecule has 0 aromatic carbocycles. The molecule has 0 bridgehead atoms. The van der Waals surface area contributed by atoms with Gasteiger partial charge in [0.1, 0.15) is 0 Å². The maximum absolute atomic E-state index is 11.7. The second-order valence-corrected chi connectivity index (χ2v) is 5.20. The third kappa shape index (κ3) is 3.95. The summed E-state index contributed by atoms with van der Waals surface area (Å²) in [5.41, 5.74) is 5.68. The molecule has 3 nitrogen and oxygen atoms in total. The summed E-state index contributed by atoms with van der Waals surface area (Å²) in [4.78, 5) is 11.7. The van der Waals surface area contributed by atoms with Crippen molar-refractivity contribution in [2.75, 3.05) is 0 Å². The van der Waals surface area contributed by atoms with Gasteiger partial charge in [-0.15, -0.1) is 12.4 Å². The van der Waals surface area contributed by atoms with Crippen LogP contribution in [0.2, 0.25) is 0 Å². The van der Waals surface area contributed by atoms with E-state index in [2.05, 4.69) is 5.32 Å². The number of carbonyl (C=O) groups is 1. The summed E-state index contributed by atoms with van der Waals surface area (Å²) >= 11 is 0. The zero-order valence-electron chi connectivity index (χ0n) is 9.78. The monoisotopic (exact) mass is 246 g/mol. The highest BCUT2D eigenvalue weighted by atomic mass is 35.5. The Morgan fingerprint density at radius 2 is 1.81 bits per heavy atom. The Bertz CT molecular complexity index is 223. The van der Waals surface area contributed by atoms with E-state index in [1.807, 2.05) is 0 Å². The second kappa shape index (κ2) is 6.45. The fraction of sp³-hybridized carbons (Fsp3) is 0.917. The van der Waals surface area contributed by atoms with Crippen molar-refractivity contribution in [3.05, 3.63) is 0 Å². The zero-order chi connectivity index (χ0) is 10.7. The highest BCUT2D eigenvalue weighted by Crippen LogP contribution is 2.26. The van der Waals surface area contributed by atoms with Gasteiger partial charge < -0.3 is 11.1 Å². The van der Waals surface area contributed by atoms with Crippen molar-refractivity contribution in [1.82, 2.24) is 5.32 Å². The summed E-state index contributed by atoms with van der Waals surface area (Å²) in [7, 11) is 0. The minimum atomic E-state index is 0. The van der Waals surface area contributed by atoms with E-state index in [1.54, 1.807) is 0 Å². The number of halogens is 1. The number of nitrogens with one attached hydrogen (secondary N) is 1. The SMILES string of the molecule is Cl.N[C@H]1C[C@H](NC(=O)CC2CCCCC2)C1. The van der Waals surface area contributed by atoms with E-state index < -0.39 is 0 Å². The molecule has 0 aromatic rings. The standard InChI is InChI=1S/C12H22N2O.ClH/c13-10-7-11(8-10)14-12(15)6-9-4-2-1-3-5-9;/h9-11H,1-8,13H2,(H,14,15);1H/t10-,11-;. The maximum atomic E-state index is 11.7. The molecule has 0 saturated heterocycles. The van der Waals surface area contributed by atoms with Crippen molar-refractivity contribution in [3.8, 4) is 0 Å². The molecule has 0 heterocycles. The highest BCUT2D eigenvalue weighted by Gasteiger charge is 2.27. The van der Waals surface area contributed by atoms with Gasteiger partial charge in [0.25, 0.3) is 0 Å². The van der Waals surface area contributed by atoms with Gasteiger partial charge >= 0.3 is 0 Å². The van der Waals surface area contributed by atoms with Gasteiger partial charge in [-0.1, -0.05) is 19.3 Å². The van der Waals surface area contributed by atoms with Crippen LogP contribution in [0.25, 0.3) is 0 Å². The number of amides is 1. The van der Waals surface area contributed by atoms with Crippen LogP contribution in [0.15, 0.2) is 0 Å². The maximum Gasteiger partial charge on any atom is 0.220 e. The zero-order valence-corrected chi connectivity index (χ0v) is 10.6. The van der Waals surface area contributed by atoms with E-state index in [4.69, 9.17) is 5.73 Å². The average Bonchev–Trinajstić information content (AvgIpc) is 2.17. The van der Waals surface area contributed by atoms with Gasteiger partial charge in [-0.05, 0) is 31.6 Å². The van der Waals surface area contributed by atoms with E-state index >= 15 is 0 Å². The van der Waals surface area contributed by atoms with Gasteiger partial charge in [0.05, 0.1) is 0 Å². The van der Waals surface area contributed by atoms with Gasteiger partial charge in [-0.25, -0.2) is 0 Å². The summed E-state index contributed by atoms with van der Waals surface area (Å²) in [5.74, 6) is 0.895. The Hall–Kier alpha value is -0.280. The van der Waals surface area contributed by atoms with E-state index in [0.29, 0.717) is 18.0 Å². The van der Waals surface area contributed by atoms with Gasteiger partial charge in [0.15, 0.2) is 0 Å². The van der Waals surface area contributed by atoms with Crippen molar-refractivity contribution in [1.29, 1.82) is 0 Å². The molecule has 0 spiro atoms. The van der Waals surface area contributed by atoms with Gasteiger partial charge in [0, 0.05) is 18.5 Å². The largest absolute Gasteiger partial charge is 0.353 e.